The van der Waals surface area contributed by atoms with Gasteiger partial charge in [0.2, 0.25) is 0 Å². The molecule has 0 unspecified atom stereocenters. The smallest absolute Gasteiger partial charge is 0.310 e. The Morgan fingerprint density at radius 3 is 2.32 bits per heavy atom. The summed E-state index contributed by atoms with van der Waals surface area (Å²) < 4.78 is 28.0. The van der Waals surface area contributed by atoms with Gasteiger partial charge in [0.25, 0.3) is 5.91 Å². The van der Waals surface area contributed by atoms with E-state index < -0.39 is 18.5 Å². The van der Waals surface area contributed by atoms with Gasteiger partial charge in [-0.15, -0.1) is 0 Å². The third kappa shape index (κ3) is 5.49. The summed E-state index contributed by atoms with van der Waals surface area (Å²) in [4.78, 5) is 23.6. The fourth-order valence-electron chi connectivity index (χ4n) is 2.08. The van der Waals surface area contributed by atoms with Gasteiger partial charge in [-0.1, -0.05) is 12.1 Å². The van der Waals surface area contributed by atoms with E-state index in [0.717, 1.165) is 0 Å². The highest BCUT2D eigenvalue weighted by Gasteiger charge is 2.11. The summed E-state index contributed by atoms with van der Waals surface area (Å²) in [6.07, 6.45) is -0.0378. The first kappa shape index (κ1) is 18.3. The molecule has 2 aromatic carbocycles. The third-order valence-corrected chi connectivity index (χ3v) is 3.29. The topological polar surface area (TPSA) is 73.9 Å². The summed E-state index contributed by atoms with van der Waals surface area (Å²) in [6.45, 7) is -0.422. The number of rotatable bonds is 7. The maximum Gasteiger partial charge on any atom is 0.310 e. The second-order valence-electron chi connectivity index (χ2n) is 5.08. The van der Waals surface area contributed by atoms with Gasteiger partial charge >= 0.3 is 5.97 Å². The molecule has 0 radical (unpaired) electrons. The van der Waals surface area contributed by atoms with Crippen molar-refractivity contribution in [3.05, 3.63) is 53.8 Å². The van der Waals surface area contributed by atoms with E-state index in [1.54, 1.807) is 18.2 Å². The van der Waals surface area contributed by atoms with Crippen LogP contribution >= 0.6 is 0 Å². The van der Waals surface area contributed by atoms with Crippen molar-refractivity contribution >= 4 is 17.6 Å². The second kappa shape index (κ2) is 8.68. The molecule has 1 N–H and O–H groups in total. The number of methoxy groups -OCH3 is 2. The molecule has 0 aliphatic carbocycles. The van der Waals surface area contributed by atoms with Crippen LogP contribution in [0.2, 0.25) is 0 Å². The summed E-state index contributed by atoms with van der Waals surface area (Å²) in [5, 5.41) is 2.59. The first-order valence-electron chi connectivity index (χ1n) is 7.43. The molecular formula is C18H18FNO5. The van der Waals surface area contributed by atoms with Crippen LogP contribution in [0.15, 0.2) is 42.5 Å². The molecule has 25 heavy (non-hydrogen) atoms. The maximum atomic E-state index is 12.8. The largest absolute Gasteiger partial charge is 0.493 e. The quantitative estimate of drug-likeness (QED) is 0.779. The number of benzene rings is 2. The van der Waals surface area contributed by atoms with Crippen LogP contribution in [0.1, 0.15) is 5.56 Å². The highest BCUT2D eigenvalue weighted by Crippen LogP contribution is 2.29. The number of carbonyl (C=O) groups is 2. The van der Waals surface area contributed by atoms with Crippen molar-refractivity contribution in [1.82, 2.24) is 0 Å². The zero-order chi connectivity index (χ0) is 18.2. The molecule has 2 aromatic rings. The molecule has 0 saturated heterocycles. The number of esters is 1. The first-order chi connectivity index (χ1) is 12.0. The van der Waals surface area contributed by atoms with E-state index in [4.69, 9.17) is 14.2 Å². The van der Waals surface area contributed by atoms with Gasteiger partial charge < -0.3 is 19.5 Å². The number of hydrogen-bond acceptors (Lipinski definition) is 5. The van der Waals surface area contributed by atoms with E-state index in [1.165, 1.54) is 38.5 Å². The van der Waals surface area contributed by atoms with Crippen LogP contribution in [0.4, 0.5) is 10.1 Å². The molecule has 0 fully saturated rings. The minimum absolute atomic E-state index is 0.0378. The summed E-state index contributed by atoms with van der Waals surface area (Å²) in [6, 6.07) is 10.4. The fourth-order valence-corrected chi connectivity index (χ4v) is 2.08. The molecule has 1 amide bonds. The van der Waals surface area contributed by atoms with Crippen molar-refractivity contribution in [3.63, 3.8) is 0 Å². The molecule has 2 rings (SSSR count). The van der Waals surface area contributed by atoms with Crippen LogP contribution in [-0.4, -0.2) is 32.7 Å². The Morgan fingerprint density at radius 1 is 1.00 bits per heavy atom. The van der Waals surface area contributed by atoms with Crippen LogP contribution in [0.5, 0.6) is 11.5 Å². The minimum atomic E-state index is -0.575. The molecule has 0 saturated carbocycles. The molecule has 6 nitrogen and oxygen atoms in total. The molecule has 0 aromatic heterocycles. The van der Waals surface area contributed by atoms with Gasteiger partial charge in [-0.05, 0) is 29.8 Å². The third-order valence-electron chi connectivity index (χ3n) is 3.29. The average molecular weight is 347 g/mol. The summed E-state index contributed by atoms with van der Waals surface area (Å²) in [7, 11) is 3.00. The van der Waals surface area contributed by atoms with Crippen LogP contribution in [0, 0.1) is 5.82 Å². The van der Waals surface area contributed by atoms with Crippen molar-refractivity contribution < 1.29 is 28.2 Å². The number of carbonyl (C=O) groups excluding carboxylic acids is 2. The van der Waals surface area contributed by atoms with E-state index >= 15 is 0 Å². The van der Waals surface area contributed by atoms with Crippen molar-refractivity contribution in [2.24, 2.45) is 0 Å². The summed E-state index contributed by atoms with van der Waals surface area (Å²) in [5.74, 6) is -0.444. The van der Waals surface area contributed by atoms with Crippen molar-refractivity contribution in [2.45, 2.75) is 6.42 Å². The monoisotopic (exact) mass is 347 g/mol. The van der Waals surface area contributed by atoms with Gasteiger partial charge in [0.1, 0.15) is 5.82 Å². The highest BCUT2D eigenvalue weighted by molar-refractivity contribution is 5.93. The predicted octanol–water partition coefficient (Wildman–Crippen LogP) is 2.57. The Balaban J connectivity index is 1.84. The molecule has 0 bridgehead atoms. The van der Waals surface area contributed by atoms with E-state index in [2.05, 4.69) is 5.32 Å². The lowest BCUT2D eigenvalue weighted by Gasteiger charge is -2.11. The Kier molecular flexibility index (Phi) is 6.33. The molecule has 0 aliphatic heterocycles. The SMILES string of the molecule is COc1ccc(NC(=O)COC(=O)Cc2ccc(F)cc2)cc1OC. The first-order valence-corrected chi connectivity index (χ1v) is 7.43. The van der Waals surface area contributed by atoms with Gasteiger partial charge in [0, 0.05) is 11.8 Å². The highest BCUT2D eigenvalue weighted by atomic mass is 19.1. The summed E-state index contributed by atoms with van der Waals surface area (Å²) in [5.41, 5.74) is 1.09. The van der Waals surface area contributed by atoms with Crippen LogP contribution in [0.3, 0.4) is 0 Å². The molecule has 0 heterocycles. The van der Waals surface area contributed by atoms with E-state index in [9.17, 15) is 14.0 Å². The number of nitrogens with one attached hydrogen (secondary N) is 1. The zero-order valence-electron chi connectivity index (χ0n) is 13.9. The molecular weight excluding hydrogens is 329 g/mol. The van der Waals surface area contributed by atoms with Crippen LogP contribution in [-0.2, 0) is 20.7 Å². The Morgan fingerprint density at radius 2 is 1.68 bits per heavy atom. The summed E-state index contributed by atoms with van der Waals surface area (Å²) >= 11 is 0. The van der Waals surface area contributed by atoms with Crippen LogP contribution < -0.4 is 14.8 Å². The number of anilines is 1. The Bertz CT molecular complexity index is 746. The fraction of sp³-hybridized carbons (Fsp3) is 0.222. The number of hydrogen-bond donors (Lipinski definition) is 1. The Labute approximate surface area is 144 Å². The molecule has 132 valence electrons. The van der Waals surface area contributed by atoms with Crippen molar-refractivity contribution in [1.29, 1.82) is 0 Å². The molecule has 0 spiro atoms. The lowest BCUT2D eigenvalue weighted by Crippen LogP contribution is -2.21. The van der Waals surface area contributed by atoms with Gasteiger partial charge in [-0.3, -0.25) is 9.59 Å². The number of halogens is 1. The van der Waals surface area contributed by atoms with E-state index in [0.29, 0.717) is 22.7 Å². The van der Waals surface area contributed by atoms with Crippen molar-refractivity contribution in [2.75, 3.05) is 26.1 Å². The van der Waals surface area contributed by atoms with Crippen molar-refractivity contribution in [3.8, 4) is 11.5 Å². The predicted molar refractivity (Wildman–Crippen MR) is 89.2 cm³/mol. The lowest BCUT2D eigenvalue weighted by atomic mass is 10.1. The second-order valence-corrected chi connectivity index (χ2v) is 5.08. The maximum absolute atomic E-state index is 12.8. The Hall–Kier alpha value is -3.09. The molecule has 0 atom stereocenters. The van der Waals surface area contributed by atoms with Gasteiger partial charge in [-0.25, -0.2) is 4.39 Å². The normalized spacial score (nSPS) is 10.0. The van der Waals surface area contributed by atoms with Crippen LogP contribution in [0.25, 0.3) is 0 Å². The average Bonchev–Trinajstić information content (AvgIpc) is 2.62. The lowest BCUT2D eigenvalue weighted by molar-refractivity contribution is -0.146. The van der Waals surface area contributed by atoms with Gasteiger partial charge in [0.15, 0.2) is 18.1 Å². The number of ether oxygens (including phenoxy) is 3. The standard InChI is InChI=1S/C18H18FNO5/c1-23-15-8-7-14(10-16(15)24-2)20-17(21)11-25-18(22)9-12-3-5-13(19)6-4-12/h3-8,10H,9,11H2,1-2H3,(H,20,21). The van der Waals surface area contributed by atoms with E-state index in [-0.39, 0.29) is 12.2 Å². The molecule has 7 heteroatoms. The minimum Gasteiger partial charge on any atom is -0.493 e. The van der Waals surface area contributed by atoms with Gasteiger partial charge in [-0.2, -0.15) is 0 Å². The van der Waals surface area contributed by atoms with E-state index in [1.807, 2.05) is 0 Å². The number of amides is 1. The zero-order valence-corrected chi connectivity index (χ0v) is 13.9. The van der Waals surface area contributed by atoms with Gasteiger partial charge in [0.05, 0.1) is 20.6 Å². The molecule has 0 aliphatic rings.